The molecule has 2 aromatic rings. The van der Waals surface area contributed by atoms with Gasteiger partial charge in [0.15, 0.2) is 5.69 Å². The smallest absolute Gasteiger partial charge is 0.354 e. The summed E-state index contributed by atoms with van der Waals surface area (Å²) in [6, 6.07) is 10.2. The Labute approximate surface area is 118 Å². The van der Waals surface area contributed by atoms with Gasteiger partial charge in [0.1, 0.15) is 5.15 Å². The summed E-state index contributed by atoms with van der Waals surface area (Å²) in [7, 11) is 0. The van der Waals surface area contributed by atoms with Gasteiger partial charge in [-0.2, -0.15) is 13.2 Å². The topological polar surface area (TPSA) is 37.8 Å². The molecule has 0 unspecified atom stereocenters. The van der Waals surface area contributed by atoms with Gasteiger partial charge in [-0.05, 0) is 12.0 Å². The maximum absolute atomic E-state index is 12.6. The number of aromatic nitrogens is 2. The molecule has 0 aliphatic rings. The fourth-order valence-corrected chi connectivity index (χ4v) is 1.79. The largest absolute Gasteiger partial charge is 0.433 e. The molecular formula is C13H11ClF3N3. The molecule has 0 aliphatic carbocycles. The molecule has 0 radical (unpaired) electrons. The van der Waals surface area contributed by atoms with Gasteiger partial charge in [0, 0.05) is 12.6 Å². The van der Waals surface area contributed by atoms with Gasteiger partial charge in [0.2, 0.25) is 5.95 Å². The van der Waals surface area contributed by atoms with Crippen molar-refractivity contribution in [2.24, 2.45) is 0 Å². The molecule has 1 heterocycles. The lowest BCUT2D eigenvalue weighted by atomic mass is 10.1. The van der Waals surface area contributed by atoms with Gasteiger partial charge in [0.25, 0.3) is 0 Å². The summed E-state index contributed by atoms with van der Waals surface area (Å²) >= 11 is 5.56. The Kier molecular flexibility index (Phi) is 4.44. The highest BCUT2D eigenvalue weighted by molar-refractivity contribution is 6.29. The van der Waals surface area contributed by atoms with Gasteiger partial charge in [-0.25, -0.2) is 9.97 Å². The van der Waals surface area contributed by atoms with E-state index >= 15 is 0 Å². The summed E-state index contributed by atoms with van der Waals surface area (Å²) in [5.74, 6) is -0.124. The van der Waals surface area contributed by atoms with Crippen LogP contribution in [-0.4, -0.2) is 16.5 Å². The zero-order chi connectivity index (χ0) is 14.6. The molecule has 0 saturated heterocycles. The van der Waals surface area contributed by atoms with Crippen LogP contribution in [0.15, 0.2) is 36.4 Å². The molecule has 0 bridgehead atoms. The summed E-state index contributed by atoms with van der Waals surface area (Å²) in [6.45, 7) is 0.418. The molecule has 1 aromatic carbocycles. The van der Waals surface area contributed by atoms with Crippen molar-refractivity contribution in [1.82, 2.24) is 9.97 Å². The highest BCUT2D eigenvalue weighted by Gasteiger charge is 2.33. The van der Waals surface area contributed by atoms with Crippen LogP contribution in [0.25, 0.3) is 0 Å². The molecule has 106 valence electrons. The van der Waals surface area contributed by atoms with Crippen LogP contribution in [0.4, 0.5) is 19.1 Å². The van der Waals surface area contributed by atoms with Crippen molar-refractivity contribution in [3.05, 3.63) is 52.8 Å². The normalized spacial score (nSPS) is 11.4. The molecule has 1 N–H and O–H groups in total. The van der Waals surface area contributed by atoms with E-state index in [1.807, 2.05) is 30.3 Å². The van der Waals surface area contributed by atoms with E-state index in [4.69, 9.17) is 11.6 Å². The minimum atomic E-state index is -4.54. The fraction of sp³-hybridized carbons (Fsp3) is 0.231. The van der Waals surface area contributed by atoms with E-state index in [2.05, 4.69) is 15.3 Å². The summed E-state index contributed by atoms with van der Waals surface area (Å²) in [6.07, 6.45) is -3.89. The highest BCUT2D eigenvalue weighted by Crippen LogP contribution is 2.29. The Morgan fingerprint density at radius 1 is 1.10 bits per heavy atom. The lowest BCUT2D eigenvalue weighted by Crippen LogP contribution is -2.13. The SMILES string of the molecule is FC(F)(F)c1cc(Cl)nc(NCCc2ccccc2)n1. The van der Waals surface area contributed by atoms with E-state index < -0.39 is 11.9 Å². The molecule has 0 saturated carbocycles. The third-order valence-corrected chi connectivity index (χ3v) is 2.72. The summed E-state index contributed by atoms with van der Waals surface area (Å²) in [4.78, 5) is 7.13. The summed E-state index contributed by atoms with van der Waals surface area (Å²) in [5, 5.41) is 2.50. The number of benzene rings is 1. The number of hydrogen-bond donors (Lipinski definition) is 1. The minimum Gasteiger partial charge on any atom is -0.354 e. The predicted octanol–water partition coefficient (Wildman–Crippen LogP) is 3.80. The van der Waals surface area contributed by atoms with Gasteiger partial charge < -0.3 is 5.32 Å². The Hall–Kier alpha value is -1.82. The maximum atomic E-state index is 12.6. The fourth-order valence-electron chi connectivity index (χ4n) is 1.61. The maximum Gasteiger partial charge on any atom is 0.433 e. The number of anilines is 1. The van der Waals surface area contributed by atoms with Crippen LogP contribution >= 0.6 is 11.6 Å². The third-order valence-electron chi connectivity index (χ3n) is 2.52. The first-order valence-corrected chi connectivity index (χ1v) is 6.22. The molecule has 0 amide bonds. The van der Waals surface area contributed by atoms with Crippen molar-refractivity contribution in [1.29, 1.82) is 0 Å². The molecular weight excluding hydrogens is 291 g/mol. The van der Waals surface area contributed by atoms with E-state index in [0.717, 1.165) is 5.56 Å². The second kappa shape index (κ2) is 6.09. The standard InChI is InChI=1S/C13H11ClF3N3/c14-11-8-10(13(15,16)17)19-12(20-11)18-7-6-9-4-2-1-3-5-9/h1-5,8H,6-7H2,(H,18,19,20). The molecule has 0 atom stereocenters. The molecule has 20 heavy (non-hydrogen) atoms. The van der Waals surface area contributed by atoms with E-state index in [-0.39, 0.29) is 11.1 Å². The van der Waals surface area contributed by atoms with Crippen LogP contribution in [0.5, 0.6) is 0 Å². The van der Waals surface area contributed by atoms with E-state index in [0.29, 0.717) is 19.0 Å². The van der Waals surface area contributed by atoms with Crippen LogP contribution < -0.4 is 5.32 Å². The molecule has 0 spiro atoms. The lowest BCUT2D eigenvalue weighted by molar-refractivity contribution is -0.141. The van der Waals surface area contributed by atoms with Crippen LogP contribution in [0, 0.1) is 0 Å². The Balaban J connectivity index is 2.01. The van der Waals surface area contributed by atoms with Crippen molar-refractivity contribution in [3.63, 3.8) is 0 Å². The van der Waals surface area contributed by atoms with Gasteiger partial charge in [-0.1, -0.05) is 41.9 Å². The Morgan fingerprint density at radius 2 is 1.80 bits per heavy atom. The number of alkyl halides is 3. The monoisotopic (exact) mass is 301 g/mol. The summed E-state index contributed by atoms with van der Waals surface area (Å²) < 4.78 is 37.7. The van der Waals surface area contributed by atoms with Crippen LogP contribution in [0.3, 0.4) is 0 Å². The molecule has 2 rings (SSSR count). The predicted molar refractivity (Wildman–Crippen MR) is 70.7 cm³/mol. The Bertz CT molecular complexity index is 573. The highest BCUT2D eigenvalue weighted by atomic mass is 35.5. The first kappa shape index (κ1) is 14.6. The summed E-state index contributed by atoms with van der Waals surface area (Å²) in [5.41, 5.74) is 0.0118. The van der Waals surface area contributed by atoms with Gasteiger partial charge in [-0.15, -0.1) is 0 Å². The molecule has 0 fully saturated rings. The van der Waals surface area contributed by atoms with Crippen molar-refractivity contribution in [2.75, 3.05) is 11.9 Å². The van der Waals surface area contributed by atoms with Crippen LogP contribution in [0.1, 0.15) is 11.3 Å². The molecule has 3 nitrogen and oxygen atoms in total. The first-order valence-electron chi connectivity index (χ1n) is 5.85. The second-order valence-corrected chi connectivity index (χ2v) is 4.45. The first-order chi connectivity index (χ1) is 9.45. The zero-order valence-electron chi connectivity index (χ0n) is 10.3. The van der Waals surface area contributed by atoms with Gasteiger partial charge >= 0.3 is 6.18 Å². The molecule has 1 aromatic heterocycles. The number of nitrogens with one attached hydrogen (secondary N) is 1. The van der Waals surface area contributed by atoms with Crippen molar-refractivity contribution in [2.45, 2.75) is 12.6 Å². The average molecular weight is 302 g/mol. The van der Waals surface area contributed by atoms with E-state index in [1.54, 1.807) is 0 Å². The van der Waals surface area contributed by atoms with Crippen LogP contribution in [0.2, 0.25) is 5.15 Å². The quantitative estimate of drug-likeness (QED) is 0.873. The molecule has 7 heteroatoms. The minimum absolute atomic E-state index is 0.124. The van der Waals surface area contributed by atoms with Crippen molar-refractivity contribution in [3.8, 4) is 0 Å². The van der Waals surface area contributed by atoms with Crippen molar-refractivity contribution < 1.29 is 13.2 Å². The number of halogens is 4. The van der Waals surface area contributed by atoms with E-state index in [1.165, 1.54) is 0 Å². The lowest BCUT2D eigenvalue weighted by Gasteiger charge is -2.09. The molecule has 0 aliphatic heterocycles. The van der Waals surface area contributed by atoms with Gasteiger partial charge in [-0.3, -0.25) is 0 Å². The zero-order valence-corrected chi connectivity index (χ0v) is 11.0. The van der Waals surface area contributed by atoms with E-state index in [9.17, 15) is 13.2 Å². The Morgan fingerprint density at radius 3 is 2.45 bits per heavy atom. The van der Waals surface area contributed by atoms with Crippen LogP contribution in [-0.2, 0) is 12.6 Å². The number of rotatable bonds is 4. The average Bonchev–Trinajstić information content (AvgIpc) is 2.38. The van der Waals surface area contributed by atoms with Crippen molar-refractivity contribution >= 4 is 17.5 Å². The second-order valence-electron chi connectivity index (χ2n) is 4.06. The van der Waals surface area contributed by atoms with Gasteiger partial charge in [0.05, 0.1) is 0 Å². The number of hydrogen-bond acceptors (Lipinski definition) is 3. The number of nitrogens with zero attached hydrogens (tertiary/aromatic N) is 2. The third kappa shape index (κ3) is 4.09.